The standard InChI is InChI=1S/C15H13O8S4.BF4/c1-20-12(16)8-9(13(17)21-2)25-6(24-8)5-7-26-10(14(18)22-3)11(27-7)15(19)23-4;2-1(3,4)5/h5H,1-4H3;/q+1;-1. The number of halogens is 4. The molecule has 0 fully saturated rings. The molecule has 0 bridgehead atoms. The van der Waals surface area contributed by atoms with Gasteiger partial charge in [-0.15, -0.1) is 0 Å². The first-order valence-corrected chi connectivity index (χ1v) is 11.1. The molecular weight excluding hydrogens is 523 g/mol. The lowest BCUT2D eigenvalue weighted by Crippen LogP contribution is -2.08. The molecule has 0 atom stereocenters. The molecular formula is C15H13BF4O8S4. The Bertz CT molecular complexity index is 904. The van der Waals surface area contributed by atoms with Crippen molar-refractivity contribution in [1.82, 2.24) is 0 Å². The Kier molecular flexibility index (Phi) is 10.7. The summed E-state index contributed by atoms with van der Waals surface area (Å²) in [5.41, 5.74) is 0. The second-order valence-electron chi connectivity index (χ2n) is 4.97. The van der Waals surface area contributed by atoms with E-state index >= 15 is 0 Å². The largest absolute Gasteiger partial charge is 0.673 e. The molecule has 0 saturated heterocycles. The molecule has 0 radical (unpaired) electrons. The number of thioether (sulfide) groups is 2. The highest BCUT2D eigenvalue weighted by Crippen LogP contribution is 2.51. The summed E-state index contributed by atoms with van der Waals surface area (Å²) < 4.78 is 58.9. The fourth-order valence-electron chi connectivity index (χ4n) is 1.75. The van der Waals surface area contributed by atoms with Gasteiger partial charge in [0.2, 0.25) is 0 Å². The van der Waals surface area contributed by atoms with Gasteiger partial charge in [-0.25, -0.2) is 19.2 Å². The minimum Gasteiger partial charge on any atom is -0.465 e. The summed E-state index contributed by atoms with van der Waals surface area (Å²) in [5, 5.41) is 0. The molecule has 0 spiro atoms. The van der Waals surface area contributed by atoms with E-state index in [-0.39, 0.29) is 19.6 Å². The van der Waals surface area contributed by atoms with Crippen LogP contribution >= 0.6 is 46.2 Å². The summed E-state index contributed by atoms with van der Waals surface area (Å²) in [6.45, 7) is 0. The summed E-state index contributed by atoms with van der Waals surface area (Å²) >= 11 is 4.17. The SMILES string of the molecule is COC(=O)C1=C(C(=O)OC)SC(=Cc2sc(C(=O)OC)c(C(=O)OC)[s+]2)S1.F[B-](F)(F)F. The van der Waals surface area contributed by atoms with Crippen molar-refractivity contribution in [2.75, 3.05) is 28.4 Å². The maximum Gasteiger partial charge on any atom is 0.673 e. The number of ether oxygens (including phenoxy) is 4. The van der Waals surface area contributed by atoms with E-state index in [1.807, 2.05) is 0 Å². The topological polar surface area (TPSA) is 105 Å². The third-order valence-electron chi connectivity index (χ3n) is 2.94. The maximum atomic E-state index is 11.9. The quantitative estimate of drug-likeness (QED) is 0.178. The van der Waals surface area contributed by atoms with E-state index in [0.29, 0.717) is 8.43 Å². The van der Waals surface area contributed by atoms with Crippen LogP contribution < -0.4 is 0 Å². The van der Waals surface area contributed by atoms with Gasteiger partial charge in [-0.3, -0.25) is 0 Å². The third-order valence-corrected chi connectivity index (χ3v) is 7.78. The Labute approximate surface area is 195 Å². The fourth-order valence-corrected chi connectivity index (χ4v) is 6.77. The molecule has 0 saturated carbocycles. The van der Waals surface area contributed by atoms with Crippen molar-refractivity contribution < 1.29 is 55.4 Å². The molecule has 8 nitrogen and oxygen atoms in total. The van der Waals surface area contributed by atoms with E-state index in [1.165, 1.54) is 28.4 Å². The predicted octanol–water partition coefficient (Wildman–Crippen LogP) is 4.30. The van der Waals surface area contributed by atoms with Crippen molar-refractivity contribution in [3.8, 4) is 0 Å². The monoisotopic (exact) mass is 536 g/mol. The zero-order valence-corrected chi connectivity index (χ0v) is 19.8. The van der Waals surface area contributed by atoms with E-state index in [2.05, 4.69) is 18.9 Å². The zero-order valence-electron chi connectivity index (χ0n) is 16.6. The van der Waals surface area contributed by atoms with E-state index in [9.17, 15) is 36.4 Å². The van der Waals surface area contributed by atoms with Crippen molar-refractivity contribution >= 4 is 83.4 Å². The second-order valence-corrected chi connectivity index (χ2v) is 9.69. The van der Waals surface area contributed by atoms with Crippen molar-refractivity contribution in [3.63, 3.8) is 0 Å². The average molecular weight is 536 g/mol. The van der Waals surface area contributed by atoms with E-state index < -0.39 is 31.1 Å². The maximum absolute atomic E-state index is 11.9. The lowest BCUT2D eigenvalue weighted by atomic mass is 10.3. The van der Waals surface area contributed by atoms with Gasteiger partial charge in [0.05, 0.1) is 32.7 Å². The highest BCUT2D eigenvalue weighted by molar-refractivity contribution is 8.29. The molecule has 17 heteroatoms. The Hall–Kier alpha value is -2.11. The first-order valence-electron chi connectivity index (χ1n) is 7.85. The third kappa shape index (κ3) is 8.11. The molecule has 0 aliphatic carbocycles. The summed E-state index contributed by atoms with van der Waals surface area (Å²) in [4.78, 5) is 48.0. The molecule has 1 aliphatic rings. The highest BCUT2D eigenvalue weighted by atomic mass is 32.2. The Morgan fingerprint density at radius 3 is 1.56 bits per heavy atom. The van der Waals surface area contributed by atoms with Crippen LogP contribution in [0.4, 0.5) is 17.3 Å². The predicted molar refractivity (Wildman–Crippen MR) is 114 cm³/mol. The van der Waals surface area contributed by atoms with Crippen molar-refractivity contribution in [2.45, 2.75) is 0 Å². The van der Waals surface area contributed by atoms with Gasteiger partial charge in [-0.2, -0.15) is 0 Å². The van der Waals surface area contributed by atoms with Gasteiger partial charge in [-0.1, -0.05) is 23.5 Å². The summed E-state index contributed by atoms with van der Waals surface area (Å²) in [6.07, 6.45) is 1.66. The minimum absolute atomic E-state index is 0.114. The van der Waals surface area contributed by atoms with Crippen LogP contribution in [-0.2, 0) is 28.5 Å². The number of esters is 4. The van der Waals surface area contributed by atoms with Crippen molar-refractivity contribution in [2.24, 2.45) is 0 Å². The molecule has 0 amide bonds. The zero-order chi connectivity index (χ0) is 24.6. The number of methoxy groups -OCH3 is 4. The first kappa shape index (κ1) is 27.9. The molecule has 0 aromatic carbocycles. The van der Waals surface area contributed by atoms with Gasteiger partial charge in [0.15, 0.2) is 0 Å². The Morgan fingerprint density at radius 1 is 0.781 bits per heavy atom. The van der Waals surface area contributed by atoms with E-state index in [4.69, 9.17) is 0 Å². The molecule has 2 rings (SSSR count). The number of hydrogen-bond acceptors (Lipinski definition) is 11. The van der Waals surface area contributed by atoms with Gasteiger partial charge in [0, 0.05) is 6.08 Å². The number of carbonyl (C=O) groups is 4. The number of rotatable bonds is 5. The van der Waals surface area contributed by atoms with Gasteiger partial charge in [-0.05, 0) is 0 Å². The average Bonchev–Trinajstić information content (AvgIpc) is 3.35. The smallest absolute Gasteiger partial charge is 0.465 e. The van der Waals surface area contributed by atoms with Crippen LogP contribution in [0.1, 0.15) is 23.5 Å². The summed E-state index contributed by atoms with van der Waals surface area (Å²) in [7, 11) is -1.15. The molecule has 2 heterocycles. The van der Waals surface area contributed by atoms with Crippen LogP contribution in [0.15, 0.2) is 14.0 Å². The van der Waals surface area contributed by atoms with Gasteiger partial charge < -0.3 is 36.2 Å². The second kappa shape index (κ2) is 12.2. The van der Waals surface area contributed by atoms with Crippen LogP contribution in [0.3, 0.4) is 0 Å². The first-order chi connectivity index (χ1) is 14.9. The summed E-state index contributed by atoms with van der Waals surface area (Å²) in [5.74, 6) is -2.62. The number of carbonyl (C=O) groups excluding carboxylic acids is 4. The normalized spacial score (nSPS) is 13.1. The molecule has 0 N–H and O–H groups in total. The van der Waals surface area contributed by atoms with Gasteiger partial charge >= 0.3 is 31.1 Å². The highest BCUT2D eigenvalue weighted by Gasteiger charge is 2.36. The molecule has 1 aliphatic heterocycles. The Balaban J connectivity index is 0.000000920. The molecule has 1 aromatic heterocycles. The molecule has 0 unspecified atom stereocenters. The van der Waals surface area contributed by atoms with Crippen LogP contribution in [-0.4, -0.2) is 59.6 Å². The van der Waals surface area contributed by atoms with Crippen LogP contribution in [0, 0.1) is 0 Å². The number of hydrogen-bond donors (Lipinski definition) is 0. The minimum atomic E-state index is -6.00. The molecule has 176 valence electrons. The van der Waals surface area contributed by atoms with Crippen LogP contribution in [0.2, 0.25) is 0 Å². The van der Waals surface area contributed by atoms with Gasteiger partial charge in [0.1, 0.15) is 32.5 Å². The Morgan fingerprint density at radius 2 is 1.19 bits per heavy atom. The molecule has 32 heavy (non-hydrogen) atoms. The van der Waals surface area contributed by atoms with E-state index in [1.54, 1.807) is 6.08 Å². The van der Waals surface area contributed by atoms with Crippen molar-refractivity contribution in [3.05, 3.63) is 28.0 Å². The lowest BCUT2D eigenvalue weighted by Gasteiger charge is -2.00. The van der Waals surface area contributed by atoms with Crippen LogP contribution in [0.5, 0.6) is 0 Å². The van der Waals surface area contributed by atoms with Crippen molar-refractivity contribution in [1.29, 1.82) is 0 Å². The fraction of sp³-hybridized carbons (Fsp3) is 0.267. The van der Waals surface area contributed by atoms with E-state index in [0.717, 1.165) is 46.2 Å². The summed E-state index contributed by atoms with van der Waals surface area (Å²) in [6, 6.07) is 0. The van der Waals surface area contributed by atoms with Crippen LogP contribution in [0.25, 0.3) is 6.08 Å². The van der Waals surface area contributed by atoms with Gasteiger partial charge in [0.25, 0.3) is 13.9 Å². The lowest BCUT2D eigenvalue weighted by molar-refractivity contribution is -0.138. The molecule has 1 aromatic rings.